The first-order valence-electron chi connectivity index (χ1n) is 12.6. The second kappa shape index (κ2) is 11.1. The molecule has 1 amide bonds. The molecule has 2 aliphatic rings. The normalized spacial score (nSPS) is 18.4. The van der Waals surface area contributed by atoms with Gasteiger partial charge < -0.3 is 14.8 Å². The largest absolute Gasteiger partial charge is 0.465 e. The van der Waals surface area contributed by atoms with Crippen molar-refractivity contribution in [3.63, 3.8) is 0 Å². The Morgan fingerprint density at radius 3 is 2.38 bits per heavy atom. The molecule has 5 rings (SSSR count). The summed E-state index contributed by atoms with van der Waals surface area (Å²) >= 11 is 0. The first kappa shape index (κ1) is 24.9. The number of hydrogen-bond acceptors (Lipinski definition) is 6. The fourth-order valence-corrected chi connectivity index (χ4v) is 5.06. The van der Waals surface area contributed by atoms with Crippen LogP contribution in [0.1, 0.15) is 45.8 Å². The maximum absolute atomic E-state index is 13.2. The summed E-state index contributed by atoms with van der Waals surface area (Å²) in [5, 5.41) is 2.92. The minimum absolute atomic E-state index is 0.171. The minimum Gasteiger partial charge on any atom is -0.465 e. The number of hydrogen-bond donors (Lipinski definition) is 1. The molecule has 0 spiro atoms. The molecule has 0 radical (unpaired) electrons. The average molecular weight is 498 g/mol. The van der Waals surface area contributed by atoms with Gasteiger partial charge in [-0.15, -0.1) is 0 Å². The van der Waals surface area contributed by atoms with E-state index in [-0.39, 0.29) is 5.91 Å². The van der Waals surface area contributed by atoms with Crippen molar-refractivity contribution in [3.05, 3.63) is 95.1 Å². The Labute approximate surface area is 217 Å². The molecule has 0 aliphatic carbocycles. The van der Waals surface area contributed by atoms with Crippen LogP contribution < -0.4 is 5.32 Å². The van der Waals surface area contributed by atoms with Crippen molar-refractivity contribution in [2.24, 2.45) is 4.99 Å². The molecule has 3 aromatic carbocycles. The lowest BCUT2D eigenvalue weighted by Gasteiger charge is -2.31. The van der Waals surface area contributed by atoms with Crippen LogP contribution in [0.25, 0.3) is 0 Å². The number of anilines is 1. The van der Waals surface area contributed by atoms with Crippen LogP contribution in [0.15, 0.2) is 77.8 Å². The number of rotatable bonds is 7. The van der Waals surface area contributed by atoms with E-state index in [4.69, 9.17) is 14.5 Å². The van der Waals surface area contributed by atoms with Crippen molar-refractivity contribution in [1.29, 1.82) is 0 Å². The van der Waals surface area contributed by atoms with Crippen molar-refractivity contribution in [3.8, 4) is 0 Å². The number of nitrogens with one attached hydrogen (secondary N) is 1. The number of carbonyl (C=O) groups excluding carboxylic acids is 2. The summed E-state index contributed by atoms with van der Waals surface area (Å²) in [4.78, 5) is 32.6. The number of fused-ring (bicyclic) bond motifs is 1. The van der Waals surface area contributed by atoms with E-state index in [9.17, 15) is 9.59 Å². The summed E-state index contributed by atoms with van der Waals surface area (Å²) < 4.78 is 10.3. The van der Waals surface area contributed by atoms with E-state index in [0.29, 0.717) is 23.1 Å². The molecule has 0 bridgehead atoms. The minimum atomic E-state index is -0.592. The molecule has 2 aliphatic heterocycles. The molecule has 1 saturated heterocycles. The third-order valence-electron chi connectivity index (χ3n) is 7.11. The maximum Gasteiger partial charge on any atom is 0.337 e. The second-order valence-corrected chi connectivity index (χ2v) is 9.46. The number of likely N-dealkylation sites (tertiary alicyclic amines) is 1. The lowest BCUT2D eigenvalue weighted by atomic mass is 9.90. The Hall–Kier alpha value is -3.81. The number of carbonyl (C=O) groups is 2. The molecule has 7 heteroatoms. The predicted octanol–water partition coefficient (Wildman–Crippen LogP) is 4.94. The van der Waals surface area contributed by atoms with Crippen molar-refractivity contribution in [1.82, 2.24) is 4.90 Å². The van der Waals surface area contributed by atoms with E-state index in [0.717, 1.165) is 49.3 Å². The first-order chi connectivity index (χ1) is 18.1. The molecule has 1 fully saturated rings. The maximum atomic E-state index is 13.2. The van der Waals surface area contributed by atoms with Crippen LogP contribution in [0.3, 0.4) is 0 Å². The molecule has 190 valence electrons. The van der Waals surface area contributed by atoms with Crippen LogP contribution in [-0.4, -0.2) is 55.9 Å². The topological polar surface area (TPSA) is 80.2 Å². The summed E-state index contributed by atoms with van der Waals surface area (Å²) in [6, 6.07) is 23.1. The molecule has 0 saturated carbocycles. The average Bonchev–Trinajstić information content (AvgIpc) is 3.27. The molecule has 2 heterocycles. The van der Waals surface area contributed by atoms with Crippen LogP contribution >= 0.6 is 0 Å². The van der Waals surface area contributed by atoms with E-state index in [1.54, 1.807) is 25.3 Å². The Kier molecular flexibility index (Phi) is 7.44. The number of nitrogens with zero attached hydrogens (tertiary/aromatic N) is 2. The zero-order chi connectivity index (χ0) is 25.8. The van der Waals surface area contributed by atoms with Crippen molar-refractivity contribution >= 4 is 29.0 Å². The van der Waals surface area contributed by atoms with E-state index in [1.807, 2.05) is 42.5 Å². The van der Waals surface area contributed by atoms with Crippen LogP contribution in [0.5, 0.6) is 0 Å². The summed E-state index contributed by atoms with van der Waals surface area (Å²) in [5.74, 6) is -1.21. The van der Waals surface area contributed by atoms with E-state index in [1.165, 1.54) is 12.7 Å². The van der Waals surface area contributed by atoms with Gasteiger partial charge in [-0.3, -0.25) is 14.7 Å². The Bertz CT molecular complexity index is 1300. The second-order valence-electron chi connectivity index (χ2n) is 9.46. The molecule has 1 N–H and O–H groups in total. The summed E-state index contributed by atoms with van der Waals surface area (Å²) in [5.41, 5.74) is 5.34. The van der Waals surface area contributed by atoms with Crippen molar-refractivity contribution < 1.29 is 19.1 Å². The SMILES string of the molecule is COC(=O)c1ccc2c(c1)NC(=O)C2C(=Nc1ccc(CN2CCC(OC)CC2)cc1)c1ccccc1. The summed E-state index contributed by atoms with van der Waals surface area (Å²) in [6.07, 6.45) is 2.49. The number of piperidine rings is 1. The number of ether oxygens (including phenoxy) is 2. The van der Waals surface area contributed by atoms with Crippen LogP contribution in [0.2, 0.25) is 0 Å². The van der Waals surface area contributed by atoms with Gasteiger partial charge in [-0.1, -0.05) is 48.5 Å². The third-order valence-corrected chi connectivity index (χ3v) is 7.11. The Morgan fingerprint density at radius 2 is 1.70 bits per heavy atom. The quantitative estimate of drug-likeness (QED) is 0.369. The van der Waals surface area contributed by atoms with E-state index in [2.05, 4.69) is 22.3 Å². The molecular weight excluding hydrogens is 466 g/mol. The van der Waals surface area contributed by atoms with Crippen molar-refractivity contribution in [2.75, 3.05) is 32.6 Å². The van der Waals surface area contributed by atoms with E-state index >= 15 is 0 Å². The van der Waals surface area contributed by atoms with Crippen LogP contribution in [0.4, 0.5) is 11.4 Å². The Balaban J connectivity index is 1.42. The highest BCUT2D eigenvalue weighted by Gasteiger charge is 2.36. The smallest absolute Gasteiger partial charge is 0.337 e. The Morgan fingerprint density at radius 1 is 0.973 bits per heavy atom. The van der Waals surface area contributed by atoms with Gasteiger partial charge in [-0.2, -0.15) is 0 Å². The van der Waals surface area contributed by atoms with Gasteiger partial charge in [0.2, 0.25) is 5.91 Å². The van der Waals surface area contributed by atoms with Gasteiger partial charge in [0, 0.05) is 32.4 Å². The first-order valence-corrected chi connectivity index (χ1v) is 12.6. The molecule has 0 aromatic heterocycles. The zero-order valence-electron chi connectivity index (χ0n) is 21.1. The standard InChI is InChI=1S/C30H31N3O4/c1-36-24-14-16-33(17-15-24)19-20-8-11-23(12-9-20)31-28(21-6-4-3-5-7-21)27-25-13-10-22(30(35)37-2)18-26(25)32-29(27)34/h3-13,18,24,27H,14-17,19H2,1-2H3,(H,32,34). The van der Waals surface area contributed by atoms with Crippen LogP contribution in [-0.2, 0) is 20.8 Å². The molecule has 7 nitrogen and oxygen atoms in total. The van der Waals surface area contributed by atoms with E-state index < -0.39 is 11.9 Å². The monoisotopic (exact) mass is 497 g/mol. The van der Waals surface area contributed by atoms with Gasteiger partial charge in [-0.05, 0) is 53.8 Å². The van der Waals surface area contributed by atoms with Gasteiger partial charge >= 0.3 is 5.97 Å². The summed E-state index contributed by atoms with van der Waals surface area (Å²) in [6.45, 7) is 2.96. The van der Waals surface area contributed by atoms with Gasteiger partial charge in [0.25, 0.3) is 0 Å². The predicted molar refractivity (Wildman–Crippen MR) is 144 cm³/mol. The summed E-state index contributed by atoms with van der Waals surface area (Å²) in [7, 11) is 3.13. The number of benzene rings is 3. The number of aliphatic imine (C=N–C) groups is 1. The van der Waals surface area contributed by atoms with Gasteiger partial charge in [0.05, 0.1) is 30.2 Å². The lowest BCUT2D eigenvalue weighted by molar-refractivity contribution is -0.115. The van der Waals surface area contributed by atoms with Gasteiger partial charge in [0.15, 0.2) is 0 Å². The molecular formula is C30H31N3O4. The highest BCUT2D eigenvalue weighted by Crippen LogP contribution is 2.37. The lowest BCUT2D eigenvalue weighted by Crippen LogP contribution is -2.36. The highest BCUT2D eigenvalue weighted by atomic mass is 16.5. The van der Waals surface area contributed by atoms with Crippen LogP contribution in [0, 0.1) is 0 Å². The number of esters is 1. The fourth-order valence-electron chi connectivity index (χ4n) is 5.06. The molecule has 37 heavy (non-hydrogen) atoms. The molecule has 3 aromatic rings. The molecule has 1 unspecified atom stereocenters. The zero-order valence-corrected chi connectivity index (χ0v) is 21.1. The van der Waals surface area contributed by atoms with Crippen molar-refractivity contribution in [2.45, 2.75) is 31.4 Å². The van der Waals surface area contributed by atoms with Gasteiger partial charge in [-0.25, -0.2) is 4.79 Å². The number of amides is 1. The fraction of sp³-hybridized carbons (Fsp3) is 0.300. The molecule has 1 atom stereocenters. The number of methoxy groups -OCH3 is 2. The highest BCUT2D eigenvalue weighted by molar-refractivity contribution is 6.24. The van der Waals surface area contributed by atoms with Gasteiger partial charge in [0.1, 0.15) is 5.92 Å². The third kappa shape index (κ3) is 5.48.